The maximum Gasteiger partial charge on any atom is 0.343 e. The Hall–Kier alpha value is -2.29. The third kappa shape index (κ3) is 2.77. The molecule has 0 aliphatic carbocycles. The Bertz CT molecular complexity index is 802. The summed E-state index contributed by atoms with van der Waals surface area (Å²) in [4.78, 5) is 18.9. The molecular formula is C12H12BrN7O. The molecule has 21 heavy (non-hydrogen) atoms. The minimum Gasteiger partial charge on any atom is -0.287 e. The van der Waals surface area contributed by atoms with Crippen LogP contribution >= 0.6 is 15.9 Å². The second-order valence-electron chi connectivity index (χ2n) is 4.34. The number of nitrogens with zero attached hydrogens (tertiary/aromatic N) is 6. The molecule has 0 spiro atoms. The number of H-pyrrole nitrogens is 1. The Kier molecular flexibility index (Phi) is 3.65. The monoisotopic (exact) mass is 349 g/mol. The normalized spacial score (nSPS) is 11.0. The minimum absolute atomic E-state index is 0.293. The number of halogens is 1. The highest BCUT2D eigenvalue weighted by molar-refractivity contribution is 9.10. The Morgan fingerprint density at radius 3 is 2.86 bits per heavy atom. The van der Waals surface area contributed by atoms with E-state index in [0.717, 1.165) is 10.2 Å². The molecule has 0 amide bonds. The Balaban J connectivity index is 1.91. The quantitative estimate of drug-likeness (QED) is 0.759. The highest BCUT2D eigenvalue weighted by Gasteiger charge is 2.11. The molecule has 0 bridgehead atoms. The van der Waals surface area contributed by atoms with E-state index in [1.807, 2.05) is 13.0 Å². The van der Waals surface area contributed by atoms with Crippen LogP contribution in [0.15, 0.2) is 33.8 Å². The van der Waals surface area contributed by atoms with Crippen LogP contribution in [-0.4, -0.2) is 34.7 Å². The van der Waals surface area contributed by atoms with Gasteiger partial charge in [-0.2, -0.15) is 0 Å². The first-order chi connectivity index (χ1) is 10.2. The van der Waals surface area contributed by atoms with Gasteiger partial charge < -0.3 is 0 Å². The van der Waals surface area contributed by atoms with Crippen LogP contribution in [0.2, 0.25) is 0 Å². The average Bonchev–Trinajstić information content (AvgIpc) is 3.07. The molecule has 0 saturated heterocycles. The number of rotatable bonds is 4. The molecular weight excluding hydrogens is 338 g/mol. The summed E-state index contributed by atoms with van der Waals surface area (Å²) in [6.45, 7) is 2.96. The largest absolute Gasteiger partial charge is 0.343 e. The van der Waals surface area contributed by atoms with E-state index in [0.29, 0.717) is 24.6 Å². The van der Waals surface area contributed by atoms with Crippen molar-refractivity contribution in [1.82, 2.24) is 34.7 Å². The number of aromatic nitrogens is 7. The van der Waals surface area contributed by atoms with Crippen molar-refractivity contribution in [1.29, 1.82) is 0 Å². The van der Waals surface area contributed by atoms with Gasteiger partial charge in [0.25, 0.3) is 0 Å². The van der Waals surface area contributed by atoms with Gasteiger partial charge >= 0.3 is 5.69 Å². The van der Waals surface area contributed by atoms with Crippen LogP contribution in [0.3, 0.4) is 0 Å². The van der Waals surface area contributed by atoms with Crippen LogP contribution in [0.4, 0.5) is 0 Å². The van der Waals surface area contributed by atoms with E-state index in [1.165, 1.54) is 4.68 Å². The summed E-state index contributed by atoms with van der Waals surface area (Å²) in [5.41, 5.74) is 1.14. The lowest BCUT2D eigenvalue weighted by Gasteiger charge is -2.01. The summed E-state index contributed by atoms with van der Waals surface area (Å²) in [5, 5.41) is 12.0. The Morgan fingerprint density at radius 2 is 2.14 bits per heavy atom. The molecule has 0 aliphatic heterocycles. The zero-order valence-corrected chi connectivity index (χ0v) is 12.8. The molecule has 0 saturated carbocycles. The highest BCUT2D eigenvalue weighted by atomic mass is 79.9. The summed E-state index contributed by atoms with van der Waals surface area (Å²) < 4.78 is 3.92. The summed E-state index contributed by atoms with van der Waals surface area (Å²) in [5.74, 6) is 0.433. The van der Waals surface area contributed by atoms with Crippen LogP contribution in [0.5, 0.6) is 0 Å². The average molecular weight is 350 g/mol. The topological polar surface area (TPSA) is 94.3 Å². The van der Waals surface area contributed by atoms with Gasteiger partial charge in [0, 0.05) is 17.2 Å². The molecule has 108 valence electrons. The smallest absolute Gasteiger partial charge is 0.287 e. The summed E-state index contributed by atoms with van der Waals surface area (Å²) in [6, 6.07) is 3.63. The van der Waals surface area contributed by atoms with E-state index in [1.54, 1.807) is 23.1 Å². The number of nitrogens with one attached hydrogen (secondary N) is 1. The van der Waals surface area contributed by atoms with Crippen molar-refractivity contribution in [3.05, 3.63) is 45.2 Å². The van der Waals surface area contributed by atoms with E-state index in [2.05, 4.69) is 41.3 Å². The summed E-state index contributed by atoms with van der Waals surface area (Å²) in [6.07, 6.45) is 3.28. The number of pyridine rings is 1. The summed E-state index contributed by atoms with van der Waals surface area (Å²) >= 11 is 3.32. The van der Waals surface area contributed by atoms with Gasteiger partial charge in [0.2, 0.25) is 0 Å². The van der Waals surface area contributed by atoms with Gasteiger partial charge in [-0.15, -0.1) is 10.2 Å². The third-order valence-corrected chi connectivity index (χ3v) is 3.43. The zero-order chi connectivity index (χ0) is 14.8. The molecule has 3 aromatic rings. The van der Waals surface area contributed by atoms with Gasteiger partial charge in [-0.1, -0.05) is 5.21 Å². The van der Waals surface area contributed by atoms with Gasteiger partial charge in [-0.25, -0.2) is 14.2 Å². The van der Waals surface area contributed by atoms with Gasteiger partial charge in [-0.3, -0.25) is 9.97 Å². The van der Waals surface area contributed by atoms with Crippen LogP contribution in [0.25, 0.3) is 11.5 Å². The molecule has 0 radical (unpaired) electrons. The van der Waals surface area contributed by atoms with Crippen LogP contribution < -0.4 is 5.69 Å². The van der Waals surface area contributed by atoms with E-state index in [9.17, 15) is 4.79 Å². The Morgan fingerprint density at radius 1 is 1.29 bits per heavy atom. The molecule has 0 fully saturated rings. The second kappa shape index (κ2) is 5.60. The lowest BCUT2D eigenvalue weighted by Crippen LogP contribution is -2.20. The SMILES string of the molecule is CCn1nncc1Cn1nc(-c2ccc(Br)cn2)[nH]c1=O. The fourth-order valence-corrected chi connectivity index (χ4v) is 2.15. The van der Waals surface area contributed by atoms with Gasteiger partial charge in [0.1, 0.15) is 5.69 Å². The molecule has 9 heteroatoms. The number of hydrogen-bond donors (Lipinski definition) is 1. The molecule has 0 aromatic carbocycles. The predicted octanol–water partition coefficient (Wildman–Crippen LogP) is 1.06. The van der Waals surface area contributed by atoms with E-state index >= 15 is 0 Å². The first-order valence-electron chi connectivity index (χ1n) is 6.34. The van der Waals surface area contributed by atoms with Crippen LogP contribution in [0, 0.1) is 0 Å². The fraction of sp³-hybridized carbons (Fsp3) is 0.250. The Labute approximate surface area is 128 Å². The van der Waals surface area contributed by atoms with Crippen LogP contribution in [-0.2, 0) is 13.1 Å². The molecule has 3 heterocycles. The molecule has 3 aromatic heterocycles. The first-order valence-corrected chi connectivity index (χ1v) is 7.13. The van der Waals surface area contributed by atoms with Crippen molar-refractivity contribution in [3.63, 3.8) is 0 Å². The number of hydrogen-bond acceptors (Lipinski definition) is 5. The van der Waals surface area contributed by atoms with Crippen molar-refractivity contribution < 1.29 is 0 Å². The first kappa shape index (κ1) is 13.7. The van der Waals surface area contributed by atoms with Crippen molar-refractivity contribution >= 4 is 15.9 Å². The summed E-state index contributed by atoms with van der Waals surface area (Å²) in [7, 11) is 0. The molecule has 0 atom stereocenters. The molecule has 0 aliphatic rings. The molecule has 1 N–H and O–H groups in total. The number of aryl methyl sites for hydroxylation is 1. The van der Waals surface area contributed by atoms with Crippen molar-refractivity contribution in [2.75, 3.05) is 0 Å². The minimum atomic E-state index is -0.293. The fourth-order valence-electron chi connectivity index (χ4n) is 1.92. The predicted molar refractivity (Wildman–Crippen MR) is 78.6 cm³/mol. The van der Waals surface area contributed by atoms with Crippen molar-refractivity contribution in [2.24, 2.45) is 0 Å². The lowest BCUT2D eigenvalue weighted by molar-refractivity contribution is 0.557. The van der Waals surface area contributed by atoms with E-state index in [-0.39, 0.29) is 5.69 Å². The molecule has 8 nitrogen and oxygen atoms in total. The van der Waals surface area contributed by atoms with Crippen molar-refractivity contribution in [3.8, 4) is 11.5 Å². The maximum atomic E-state index is 12.0. The molecule has 3 rings (SSSR count). The lowest BCUT2D eigenvalue weighted by atomic mass is 10.3. The second-order valence-corrected chi connectivity index (χ2v) is 5.25. The molecule has 0 unspecified atom stereocenters. The third-order valence-electron chi connectivity index (χ3n) is 2.96. The standard InChI is InChI=1S/C12H12BrN7O/c1-2-19-9(6-15-18-19)7-20-12(21)16-11(17-20)10-4-3-8(13)5-14-10/h3-6H,2,7H2,1H3,(H,16,17,21). The van der Waals surface area contributed by atoms with E-state index in [4.69, 9.17) is 0 Å². The van der Waals surface area contributed by atoms with E-state index < -0.39 is 0 Å². The van der Waals surface area contributed by atoms with Crippen LogP contribution in [0.1, 0.15) is 12.6 Å². The number of aromatic amines is 1. The van der Waals surface area contributed by atoms with Gasteiger partial charge in [0.15, 0.2) is 5.82 Å². The van der Waals surface area contributed by atoms with Gasteiger partial charge in [-0.05, 0) is 35.0 Å². The van der Waals surface area contributed by atoms with Crippen molar-refractivity contribution in [2.45, 2.75) is 20.0 Å². The highest BCUT2D eigenvalue weighted by Crippen LogP contribution is 2.13. The zero-order valence-electron chi connectivity index (χ0n) is 11.2. The maximum absolute atomic E-state index is 12.0. The van der Waals surface area contributed by atoms with Gasteiger partial charge in [0.05, 0.1) is 18.4 Å².